The third kappa shape index (κ3) is 3.43. The fraction of sp³-hybridized carbons (Fsp3) is 1.00. The Morgan fingerprint density at radius 2 is 2.00 bits per heavy atom. The van der Waals surface area contributed by atoms with E-state index in [0.29, 0.717) is 0 Å². The first-order chi connectivity index (χ1) is 8.13. The summed E-state index contributed by atoms with van der Waals surface area (Å²) >= 11 is 0. The van der Waals surface area contributed by atoms with Gasteiger partial charge in [-0.15, -0.1) is 0 Å². The third-order valence-electron chi connectivity index (χ3n) is 4.24. The molecule has 0 aliphatic carbocycles. The van der Waals surface area contributed by atoms with E-state index in [4.69, 9.17) is 4.74 Å². The molecule has 0 amide bonds. The summed E-state index contributed by atoms with van der Waals surface area (Å²) in [6.45, 7) is 9.94. The molecule has 0 bridgehead atoms. The lowest BCUT2D eigenvalue weighted by atomic mass is 9.81. The Morgan fingerprint density at radius 3 is 2.53 bits per heavy atom. The molecule has 0 aromatic heterocycles. The maximum absolute atomic E-state index is 9.70. The van der Waals surface area contributed by atoms with Crippen molar-refractivity contribution in [3.63, 3.8) is 0 Å². The molecule has 2 saturated heterocycles. The zero-order valence-electron chi connectivity index (χ0n) is 11.3. The molecule has 17 heavy (non-hydrogen) atoms. The maximum Gasteiger partial charge on any atom is 0.0556 e. The molecule has 0 saturated carbocycles. The second-order valence-corrected chi connectivity index (χ2v) is 6.45. The van der Waals surface area contributed by atoms with Gasteiger partial charge in [0, 0.05) is 31.7 Å². The van der Waals surface area contributed by atoms with Crippen molar-refractivity contribution >= 4 is 0 Å². The Morgan fingerprint density at radius 1 is 1.29 bits per heavy atom. The molecule has 2 heterocycles. The predicted octanol–water partition coefficient (Wildman–Crippen LogP) is 1.75. The number of rotatable bonds is 3. The van der Waals surface area contributed by atoms with Crippen LogP contribution in [0.4, 0.5) is 0 Å². The molecule has 3 nitrogen and oxygen atoms in total. The lowest BCUT2D eigenvalue weighted by Crippen LogP contribution is -2.49. The van der Waals surface area contributed by atoms with Gasteiger partial charge in [-0.25, -0.2) is 0 Å². The van der Waals surface area contributed by atoms with Crippen molar-refractivity contribution in [2.24, 2.45) is 17.3 Å². The normalized spacial score (nSPS) is 40.4. The third-order valence-corrected chi connectivity index (χ3v) is 4.24. The Bertz CT molecular complexity index is 228. The van der Waals surface area contributed by atoms with E-state index in [1.165, 1.54) is 19.5 Å². The van der Waals surface area contributed by atoms with Crippen LogP contribution in [-0.4, -0.2) is 49.5 Å². The molecule has 3 unspecified atom stereocenters. The average molecular weight is 241 g/mol. The van der Waals surface area contributed by atoms with Crippen molar-refractivity contribution < 1.29 is 9.84 Å². The van der Waals surface area contributed by atoms with E-state index in [-0.39, 0.29) is 12.0 Å². The summed E-state index contributed by atoms with van der Waals surface area (Å²) < 4.78 is 5.58. The Kier molecular flexibility index (Phi) is 4.45. The number of aliphatic hydroxyl groups excluding tert-OH is 1. The van der Waals surface area contributed by atoms with Crippen molar-refractivity contribution in [3.05, 3.63) is 0 Å². The lowest BCUT2D eigenvalue weighted by Gasteiger charge is -2.43. The molecular weight excluding hydrogens is 214 g/mol. The smallest absolute Gasteiger partial charge is 0.0556 e. The van der Waals surface area contributed by atoms with Gasteiger partial charge in [0.2, 0.25) is 0 Å². The standard InChI is InChI=1S/C14H27NO2/c1-12-6-13(2)8-15(7-12)9-14(10-16)4-3-5-17-11-14/h12-13,16H,3-11H2,1-2H3. The van der Waals surface area contributed by atoms with E-state index in [1.54, 1.807) is 0 Å². The molecule has 3 heteroatoms. The molecule has 2 aliphatic rings. The second kappa shape index (κ2) is 5.68. The van der Waals surface area contributed by atoms with Gasteiger partial charge in [0.15, 0.2) is 0 Å². The SMILES string of the molecule is CC1CC(C)CN(CC2(CO)CCCOC2)C1. The summed E-state index contributed by atoms with van der Waals surface area (Å²) in [5.41, 5.74) is 0.00896. The average Bonchev–Trinajstić information content (AvgIpc) is 2.29. The zero-order chi connectivity index (χ0) is 12.3. The molecule has 0 radical (unpaired) electrons. The van der Waals surface area contributed by atoms with E-state index < -0.39 is 0 Å². The highest BCUT2D eigenvalue weighted by Gasteiger charge is 2.35. The number of likely N-dealkylation sites (tertiary alicyclic amines) is 1. The van der Waals surface area contributed by atoms with Crippen LogP contribution in [-0.2, 0) is 4.74 Å². The highest BCUT2D eigenvalue weighted by atomic mass is 16.5. The monoisotopic (exact) mass is 241 g/mol. The molecule has 3 atom stereocenters. The number of ether oxygens (including phenoxy) is 1. The number of piperidine rings is 1. The van der Waals surface area contributed by atoms with E-state index in [1.807, 2.05) is 0 Å². The molecule has 0 spiro atoms. The molecule has 0 aromatic rings. The summed E-state index contributed by atoms with van der Waals surface area (Å²) in [5, 5.41) is 9.70. The highest BCUT2D eigenvalue weighted by Crippen LogP contribution is 2.31. The zero-order valence-corrected chi connectivity index (χ0v) is 11.3. The van der Waals surface area contributed by atoms with Crippen LogP contribution in [0.5, 0.6) is 0 Å². The summed E-state index contributed by atoms with van der Waals surface area (Å²) in [4.78, 5) is 2.55. The van der Waals surface area contributed by atoms with Crippen molar-refractivity contribution in [1.82, 2.24) is 4.90 Å². The summed E-state index contributed by atoms with van der Waals surface area (Å²) in [7, 11) is 0. The van der Waals surface area contributed by atoms with Crippen LogP contribution in [0.25, 0.3) is 0 Å². The first-order valence-corrected chi connectivity index (χ1v) is 7.04. The topological polar surface area (TPSA) is 32.7 Å². The number of hydrogen-bond donors (Lipinski definition) is 1. The van der Waals surface area contributed by atoms with Crippen LogP contribution in [0.2, 0.25) is 0 Å². The first kappa shape index (κ1) is 13.3. The number of nitrogens with zero attached hydrogens (tertiary/aromatic N) is 1. The molecule has 0 aromatic carbocycles. The van der Waals surface area contributed by atoms with E-state index >= 15 is 0 Å². The molecule has 2 aliphatic heterocycles. The minimum atomic E-state index is 0.00896. The fourth-order valence-corrected chi connectivity index (χ4v) is 3.60. The molecule has 2 fully saturated rings. The van der Waals surface area contributed by atoms with Gasteiger partial charge in [-0.1, -0.05) is 13.8 Å². The van der Waals surface area contributed by atoms with E-state index in [9.17, 15) is 5.11 Å². The highest BCUT2D eigenvalue weighted by molar-refractivity contribution is 4.87. The van der Waals surface area contributed by atoms with Gasteiger partial charge in [0.25, 0.3) is 0 Å². The van der Waals surface area contributed by atoms with Crippen molar-refractivity contribution in [1.29, 1.82) is 0 Å². The van der Waals surface area contributed by atoms with Crippen LogP contribution < -0.4 is 0 Å². The number of hydrogen-bond acceptors (Lipinski definition) is 3. The van der Waals surface area contributed by atoms with Crippen LogP contribution in [0.1, 0.15) is 33.1 Å². The van der Waals surface area contributed by atoms with E-state index in [2.05, 4.69) is 18.7 Å². The molecule has 100 valence electrons. The van der Waals surface area contributed by atoms with Crippen molar-refractivity contribution in [2.75, 3.05) is 39.5 Å². The molecule has 1 N–H and O–H groups in total. The Hall–Kier alpha value is -0.120. The van der Waals surface area contributed by atoms with Gasteiger partial charge in [-0.05, 0) is 31.1 Å². The van der Waals surface area contributed by atoms with Gasteiger partial charge in [0.05, 0.1) is 13.2 Å². The minimum Gasteiger partial charge on any atom is -0.396 e. The predicted molar refractivity (Wildman–Crippen MR) is 69.0 cm³/mol. The lowest BCUT2D eigenvalue weighted by molar-refractivity contribution is -0.0623. The van der Waals surface area contributed by atoms with Crippen LogP contribution in [0.3, 0.4) is 0 Å². The van der Waals surface area contributed by atoms with Gasteiger partial charge < -0.3 is 14.7 Å². The van der Waals surface area contributed by atoms with Crippen molar-refractivity contribution in [3.8, 4) is 0 Å². The van der Waals surface area contributed by atoms with Crippen LogP contribution in [0.15, 0.2) is 0 Å². The summed E-state index contributed by atoms with van der Waals surface area (Å²) in [6.07, 6.45) is 3.56. The molecule has 2 rings (SSSR count). The maximum atomic E-state index is 9.70. The van der Waals surface area contributed by atoms with Gasteiger partial charge >= 0.3 is 0 Å². The quantitative estimate of drug-likeness (QED) is 0.817. The van der Waals surface area contributed by atoms with E-state index in [0.717, 1.165) is 44.4 Å². The molecular formula is C14H27NO2. The van der Waals surface area contributed by atoms with Crippen LogP contribution in [0, 0.1) is 17.3 Å². The van der Waals surface area contributed by atoms with Gasteiger partial charge in [-0.2, -0.15) is 0 Å². The van der Waals surface area contributed by atoms with Crippen LogP contribution >= 0.6 is 0 Å². The largest absolute Gasteiger partial charge is 0.396 e. The van der Waals surface area contributed by atoms with Gasteiger partial charge in [0.1, 0.15) is 0 Å². The fourth-order valence-electron chi connectivity index (χ4n) is 3.60. The van der Waals surface area contributed by atoms with Gasteiger partial charge in [-0.3, -0.25) is 0 Å². The summed E-state index contributed by atoms with van der Waals surface area (Å²) in [6, 6.07) is 0. The number of aliphatic hydroxyl groups is 1. The minimum absolute atomic E-state index is 0.00896. The Balaban J connectivity index is 1.93. The second-order valence-electron chi connectivity index (χ2n) is 6.45. The first-order valence-electron chi connectivity index (χ1n) is 7.04. The Labute approximate surface area is 105 Å². The van der Waals surface area contributed by atoms with Crippen molar-refractivity contribution in [2.45, 2.75) is 33.1 Å². The summed E-state index contributed by atoms with van der Waals surface area (Å²) in [5.74, 6) is 1.58.